The molecule has 0 aromatic heterocycles. The summed E-state index contributed by atoms with van der Waals surface area (Å²) in [7, 11) is 1.92. The monoisotopic (exact) mass is 257 g/mol. The second kappa shape index (κ2) is 5.80. The summed E-state index contributed by atoms with van der Waals surface area (Å²) in [5.41, 5.74) is 0.961. The average Bonchev–Trinajstić information content (AvgIpc) is 2.81. The number of hydrogen-bond acceptors (Lipinski definition) is 2. The number of nitrogens with one attached hydrogen (secondary N) is 1. The van der Waals surface area contributed by atoms with Gasteiger partial charge in [0.15, 0.2) is 0 Å². The van der Waals surface area contributed by atoms with Crippen molar-refractivity contribution in [2.45, 2.75) is 31.4 Å². The zero-order valence-corrected chi connectivity index (χ0v) is 10.6. The lowest BCUT2D eigenvalue weighted by Crippen LogP contribution is -2.39. The van der Waals surface area contributed by atoms with E-state index in [1.165, 1.54) is 12.1 Å². The van der Waals surface area contributed by atoms with Crippen molar-refractivity contribution in [2.24, 2.45) is 0 Å². The van der Waals surface area contributed by atoms with Crippen LogP contribution in [0.5, 0.6) is 0 Å². The summed E-state index contributed by atoms with van der Waals surface area (Å²) in [6.45, 7) is 0.833. The Morgan fingerprint density at radius 3 is 3.00 bits per heavy atom. The minimum atomic E-state index is -0.295. The molecule has 1 aliphatic heterocycles. The first-order valence-electron chi connectivity index (χ1n) is 5.93. The molecule has 2 rings (SSSR count). The van der Waals surface area contributed by atoms with Gasteiger partial charge in [0.25, 0.3) is 0 Å². The van der Waals surface area contributed by atoms with Crippen LogP contribution in [0.25, 0.3) is 0 Å². The normalized spacial score (nSPS) is 21.7. The van der Waals surface area contributed by atoms with E-state index in [0.29, 0.717) is 5.02 Å². The van der Waals surface area contributed by atoms with E-state index in [1.54, 1.807) is 6.07 Å². The molecule has 4 heteroatoms. The van der Waals surface area contributed by atoms with Crippen molar-refractivity contribution < 1.29 is 9.13 Å². The predicted molar refractivity (Wildman–Crippen MR) is 66.9 cm³/mol. The fourth-order valence-electron chi connectivity index (χ4n) is 2.26. The van der Waals surface area contributed by atoms with Gasteiger partial charge >= 0.3 is 0 Å². The smallest absolute Gasteiger partial charge is 0.124 e. The Morgan fingerprint density at radius 2 is 2.41 bits per heavy atom. The highest BCUT2D eigenvalue weighted by Crippen LogP contribution is 2.23. The number of hydrogen-bond donors (Lipinski definition) is 1. The van der Waals surface area contributed by atoms with Crippen LogP contribution < -0.4 is 5.32 Å². The first-order chi connectivity index (χ1) is 8.20. The Balaban J connectivity index is 2.06. The highest BCUT2D eigenvalue weighted by atomic mass is 35.5. The molecule has 0 spiro atoms. The zero-order chi connectivity index (χ0) is 12.3. The van der Waals surface area contributed by atoms with Crippen LogP contribution in [-0.2, 0) is 11.2 Å². The Morgan fingerprint density at radius 1 is 1.59 bits per heavy atom. The van der Waals surface area contributed by atoms with Crippen LogP contribution in [0.1, 0.15) is 18.4 Å². The van der Waals surface area contributed by atoms with Crippen molar-refractivity contribution in [3.05, 3.63) is 34.6 Å². The Bertz CT molecular complexity index is 380. The van der Waals surface area contributed by atoms with Gasteiger partial charge in [-0.15, -0.1) is 0 Å². The molecule has 2 unspecified atom stereocenters. The molecule has 1 aromatic carbocycles. The molecular weight excluding hydrogens is 241 g/mol. The maximum Gasteiger partial charge on any atom is 0.124 e. The Hall–Kier alpha value is -0.640. The highest BCUT2D eigenvalue weighted by molar-refractivity contribution is 6.31. The van der Waals surface area contributed by atoms with Crippen LogP contribution in [0.2, 0.25) is 5.02 Å². The molecule has 17 heavy (non-hydrogen) atoms. The molecule has 0 aliphatic carbocycles. The topological polar surface area (TPSA) is 21.3 Å². The first-order valence-corrected chi connectivity index (χ1v) is 6.31. The van der Waals surface area contributed by atoms with Crippen molar-refractivity contribution in [1.82, 2.24) is 5.32 Å². The molecule has 94 valence electrons. The Kier molecular flexibility index (Phi) is 4.37. The molecule has 2 atom stereocenters. The van der Waals surface area contributed by atoms with Gasteiger partial charge in [-0.05, 0) is 44.0 Å². The van der Waals surface area contributed by atoms with E-state index in [-0.39, 0.29) is 18.0 Å². The molecule has 0 saturated carbocycles. The molecule has 2 nitrogen and oxygen atoms in total. The van der Waals surface area contributed by atoms with E-state index in [4.69, 9.17) is 16.3 Å². The van der Waals surface area contributed by atoms with Gasteiger partial charge in [0.2, 0.25) is 0 Å². The van der Waals surface area contributed by atoms with Crippen LogP contribution in [0.4, 0.5) is 4.39 Å². The molecule has 1 heterocycles. The van der Waals surface area contributed by atoms with Crippen LogP contribution in [0.3, 0.4) is 0 Å². The maximum atomic E-state index is 12.9. The van der Waals surface area contributed by atoms with E-state index < -0.39 is 0 Å². The van der Waals surface area contributed by atoms with Crippen LogP contribution >= 0.6 is 11.6 Å². The van der Waals surface area contributed by atoms with Crippen molar-refractivity contribution in [3.63, 3.8) is 0 Å². The minimum absolute atomic E-state index is 0.237. The number of benzene rings is 1. The van der Waals surface area contributed by atoms with E-state index >= 15 is 0 Å². The lowest BCUT2D eigenvalue weighted by Gasteiger charge is -2.22. The van der Waals surface area contributed by atoms with E-state index in [1.807, 2.05) is 7.05 Å². The quantitative estimate of drug-likeness (QED) is 0.896. The third-order valence-corrected chi connectivity index (χ3v) is 3.59. The summed E-state index contributed by atoms with van der Waals surface area (Å²) < 4.78 is 18.6. The number of rotatable bonds is 4. The first kappa shape index (κ1) is 12.8. The molecule has 1 aliphatic rings. The van der Waals surface area contributed by atoms with Gasteiger partial charge in [0, 0.05) is 17.7 Å². The molecule has 0 bridgehead atoms. The summed E-state index contributed by atoms with van der Waals surface area (Å²) in [4.78, 5) is 0. The van der Waals surface area contributed by atoms with Crippen molar-refractivity contribution in [3.8, 4) is 0 Å². The van der Waals surface area contributed by atoms with Gasteiger partial charge in [-0.25, -0.2) is 4.39 Å². The largest absolute Gasteiger partial charge is 0.377 e. The fraction of sp³-hybridized carbons (Fsp3) is 0.538. The standard InChI is InChI=1S/C13H17ClFNO/c1-16-12(13-3-2-6-17-13)7-9-4-5-10(15)8-11(9)14/h4-5,8,12-13,16H,2-3,6-7H2,1H3. The highest BCUT2D eigenvalue weighted by Gasteiger charge is 2.25. The minimum Gasteiger partial charge on any atom is -0.377 e. The van der Waals surface area contributed by atoms with Gasteiger partial charge in [0.1, 0.15) is 5.82 Å². The van der Waals surface area contributed by atoms with E-state index in [2.05, 4.69) is 5.32 Å². The van der Waals surface area contributed by atoms with Gasteiger partial charge in [-0.3, -0.25) is 0 Å². The van der Waals surface area contributed by atoms with Crippen LogP contribution in [0.15, 0.2) is 18.2 Å². The second-order valence-electron chi connectivity index (χ2n) is 4.39. The molecule has 1 aromatic rings. The number of ether oxygens (including phenoxy) is 1. The molecule has 1 fully saturated rings. The lowest BCUT2D eigenvalue weighted by atomic mass is 9.99. The zero-order valence-electron chi connectivity index (χ0n) is 9.88. The van der Waals surface area contributed by atoms with Crippen LogP contribution in [0, 0.1) is 5.82 Å². The summed E-state index contributed by atoms with van der Waals surface area (Å²) >= 11 is 6.03. The molecule has 1 saturated heterocycles. The van der Waals surface area contributed by atoms with Gasteiger partial charge in [-0.1, -0.05) is 17.7 Å². The fourth-order valence-corrected chi connectivity index (χ4v) is 2.51. The van der Waals surface area contributed by atoms with E-state index in [0.717, 1.165) is 31.4 Å². The number of likely N-dealkylation sites (N-methyl/N-ethyl adjacent to an activating group) is 1. The molecule has 0 radical (unpaired) electrons. The lowest BCUT2D eigenvalue weighted by molar-refractivity contribution is 0.0808. The molecule has 1 N–H and O–H groups in total. The van der Waals surface area contributed by atoms with Gasteiger partial charge < -0.3 is 10.1 Å². The van der Waals surface area contributed by atoms with Crippen molar-refractivity contribution in [2.75, 3.05) is 13.7 Å². The summed E-state index contributed by atoms with van der Waals surface area (Å²) in [6, 6.07) is 4.79. The van der Waals surface area contributed by atoms with E-state index in [9.17, 15) is 4.39 Å². The summed E-state index contributed by atoms with van der Waals surface area (Å²) in [5, 5.41) is 3.75. The molecule has 0 amide bonds. The third-order valence-electron chi connectivity index (χ3n) is 3.24. The van der Waals surface area contributed by atoms with Crippen LogP contribution in [-0.4, -0.2) is 25.8 Å². The van der Waals surface area contributed by atoms with Gasteiger partial charge in [0.05, 0.1) is 6.10 Å². The van der Waals surface area contributed by atoms with Gasteiger partial charge in [-0.2, -0.15) is 0 Å². The maximum absolute atomic E-state index is 12.9. The Labute approximate surface area is 106 Å². The number of halogens is 2. The summed E-state index contributed by atoms with van der Waals surface area (Å²) in [6.07, 6.45) is 3.19. The predicted octanol–water partition coefficient (Wildman–Crippen LogP) is 2.79. The third kappa shape index (κ3) is 3.18. The van der Waals surface area contributed by atoms with Crippen molar-refractivity contribution in [1.29, 1.82) is 0 Å². The van der Waals surface area contributed by atoms with Crippen molar-refractivity contribution >= 4 is 11.6 Å². The SMILES string of the molecule is CNC(Cc1ccc(F)cc1Cl)C1CCCO1. The summed E-state index contributed by atoms with van der Waals surface area (Å²) in [5.74, 6) is -0.295. The average molecular weight is 258 g/mol. The molecular formula is C13H17ClFNO. The second-order valence-corrected chi connectivity index (χ2v) is 4.79.